The van der Waals surface area contributed by atoms with E-state index >= 15 is 0 Å². The first-order chi connectivity index (χ1) is 19.8. The van der Waals surface area contributed by atoms with Crippen molar-refractivity contribution in [2.24, 2.45) is 5.92 Å². The van der Waals surface area contributed by atoms with E-state index in [9.17, 15) is 36.3 Å². The molecule has 1 aliphatic heterocycles. The third-order valence-electron chi connectivity index (χ3n) is 6.45. The predicted molar refractivity (Wildman–Crippen MR) is 143 cm³/mol. The van der Waals surface area contributed by atoms with Crippen molar-refractivity contribution >= 4 is 33.0 Å². The second-order valence-corrected chi connectivity index (χ2v) is 12.2. The van der Waals surface area contributed by atoms with Crippen LogP contribution in [0.25, 0.3) is 17.2 Å². The molecule has 2 atom stereocenters. The number of nitrogens with zero attached hydrogens (tertiary/aromatic N) is 7. The first kappa shape index (κ1) is 29.4. The molecular formula is C24H22ClF3N8O5S. The van der Waals surface area contributed by atoms with Gasteiger partial charge in [-0.05, 0) is 42.8 Å². The molecule has 4 aromatic rings. The van der Waals surface area contributed by atoms with Crippen LogP contribution < -0.4 is 11.0 Å². The quantitative estimate of drug-likeness (QED) is 0.296. The van der Waals surface area contributed by atoms with Gasteiger partial charge >= 0.3 is 11.9 Å². The Bertz CT molecular complexity index is 1790. The van der Waals surface area contributed by atoms with Crippen LogP contribution in [0.1, 0.15) is 12.2 Å². The molecule has 4 heterocycles. The molecule has 42 heavy (non-hydrogen) atoms. The number of hydrogen-bond donors (Lipinski definition) is 2. The summed E-state index contributed by atoms with van der Waals surface area (Å²) in [7, 11) is -3.28. The smallest absolute Gasteiger partial charge is 0.382 e. The Morgan fingerprint density at radius 1 is 1.17 bits per heavy atom. The summed E-state index contributed by atoms with van der Waals surface area (Å²) in [5.74, 6) is -1.46. The number of rotatable bonds is 8. The number of nitrogens with one attached hydrogen (secondary N) is 1. The van der Waals surface area contributed by atoms with Crippen molar-refractivity contribution in [3.8, 4) is 17.2 Å². The van der Waals surface area contributed by atoms with Gasteiger partial charge < -0.3 is 10.4 Å². The van der Waals surface area contributed by atoms with Gasteiger partial charge in [0.15, 0.2) is 33.4 Å². The molecule has 0 aliphatic carbocycles. The fraction of sp³-hybridized carbons (Fsp3) is 0.333. The normalized spacial score (nSPS) is 17.3. The highest BCUT2D eigenvalue weighted by molar-refractivity contribution is 7.91. The number of aromatic nitrogens is 7. The van der Waals surface area contributed by atoms with Gasteiger partial charge in [-0.2, -0.15) is 13.2 Å². The Hall–Kier alpha value is -4.09. The number of halogens is 4. The van der Waals surface area contributed by atoms with E-state index in [1.807, 2.05) is 0 Å². The highest BCUT2D eigenvalue weighted by Gasteiger charge is 2.39. The molecule has 222 valence electrons. The second-order valence-electron chi connectivity index (χ2n) is 9.51. The zero-order valence-corrected chi connectivity index (χ0v) is 23.0. The Morgan fingerprint density at radius 2 is 1.90 bits per heavy atom. The standard InChI is InChI=1S/C24H22ClF3N8O5S/c25-16-5-3-14(4-6-16)20-33-35(23(39)34(20)10-18(37)24(26,27)28)11-19-30-13-36(32-19)21-17(2-1-8-29-21)31-22(38)15-7-9-42(40,41)12-15/h1-6,8,13,15,18,37H,7,9-12H2,(H,31,38)/t15?,18-/m0/s1. The molecule has 18 heteroatoms. The molecule has 0 bridgehead atoms. The van der Waals surface area contributed by atoms with Crippen molar-refractivity contribution in [3.05, 3.63) is 70.3 Å². The van der Waals surface area contributed by atoms with Crippen molar-refractivity contribution in [2.45, 2.75) is 31.8 Å². The minimum atomic E-state index is -4.97. The summed E-state index contributed by atoms with van der Waals surface area (Å²) in [4.78, 5) is 34.1. The Kier molecular flexibility index (Phi) is 7.91. The molecule has 1 amide bonds. The number of carbonyl (C=O) groups is 1. The molecule has 3 aromatic heterocycles. The first-order valence-corrected chi connectivity index (χ1v) is 14.6. The van der Waals surface area contributed by atoms with Gasteiger partial charge in [-0.15, -0.1) is 10.2 Å². The fourth-order valence-corrected chi connectivity index (χ4v) is 6.18. The minimum Gasteiger partial charge on any atom is -0.382 e. The summed E-state index contributed by atoms with van der Waals surface area (Å²) in [5.41, 5.74) is -0.431. The Labute approximate surface area is 240 Å². The summed E-state index contributed by atoms with van der Waals surface area (Å²) < 4.78 is 65.6. The van der Waals surface area contributed by atoms with Crippen LogP contribution in [0.2, 0.25) is 5.02 Å². The number of carbonyl (C=O) groups excluding carboxylic acids is 1. The maximum absolute atomic E-state index is 13.1. The number of alkyl halides is 3. The topological polar surface area (TPSA) is 167 Å². The van der Waals surface area contributed by atoms with Crippen LogP contribution in [-0.4, -0.2) is 77.3 Å². The average molecular weight is 627 g/mol. The summed E-state index contributed by atoms with van der Waals surface area (Å²) in [6.45, 7) is -1.45. The highest BCUT2D eigenvalue weighted by atomic mass is 35.5. The largest absolute Gasteiger partial charge is 0.416 e. The van der Waals surface area contributed by atoms with E-state index < -0.39 is 46.2 Å². The molecular weight excluding hydrogens is 605 g/mol. The summed E-state index contributed by atoms with van der Waals surface area (Å²) in [6, 6.07) is 8.99. The second kappa shape index (κ2) is 11.3. The molecule has 1 saturated heterocycles. The van der Waals surface area contributed by atoms with Crippen LogP contribution in [0.4, 0.5) is 18.9 Å². The van der Waals surface area contributed by atoms with Gasteiger partial charge in [0.25, 0.3) is 0 Å². The average Bonchev–Trinajstić information content (AvgIpc) is 3.63. The lowest BCUT2D eigenvalue weighted by Gasteiger charge is -2.15. The lowest BCUT2D eigenvalue weighted by atomic mass is 10.1. The van der Waals surface area contributed by atoms with Gasteiger partial charge in [-0.1, -0.05) is 11.6 Å². The lowest BCUT2D eigenvalue weighted by molar-refractivity contribution is -0.207. The molecule has 1 aromatic carbocycles. The maximum Gasteiger partial charge on any atom is 0.416 e. The van der Waals surface area contributed by atoms with Crippen LogP contribution in [0.15, 0.2) is 53.7 Å². The monoisotopic (exact) mass is 626 g/mol. The third kappa shape index (κ3) is 6.37. The number of aliphatic hydroxyl groups excluding tert-OH is 1. The summed E-state index contributed by atoms with van der Waals surface area (Å²) >= 11 is 5.91. The lowest BCUT2D eigenvalue weighted by Crippen LogP contribution is -2.37. The van der Waals surface area contributed by atoms with Crippen molar-refractivity contribution in [1.82, 2.24) is 34.1 Å². The van der Waals surface area contributed by atoms with E-state index in [1.54, 1.807) is 12.1 Å². The van der Waals surface area contributed by atoms with Crippen molar-refractivity contribution < 1.29 is 31.5 Å². The van der Waals surface area contributed by atoms with Crippen LogP contribution in [0, 0.1) is 5.92 Å². The minimum absolute atomic E-state index is 0.0330. The number of pyridine rings is 1. The first-order valence-electron chi connectivity index (χ1n) is 12.4. The van der Waals surface area contributed by atoms with Crippen molar-refractivity contribution in [1.29, 1.82) is 0 Å². The maximum atomic E-state index is 13.1. The van der Waals surface area contributed by atoms with Crippen LogP contribution in [-0.2, 0) is 27.7 Å². The molecule has 0 saturated carbocycles. The molecule has 2 N–H and O–H groups in total. The Morgan fingerprint density at radius 3 is 2.57 bits per heavy atom. The summed E-state index contributed by atoms with van der Waals surface area (Å²) in [5, 5.41) is 21.1. The van der Waals surface area contributed by atoms with Gasteiger partial charge in [-0.25, -0.2) is 32.5 Å². The van der Waals surface area contributed by atoms with E-state index in [0.717, 1.165) is 4.68 Å². The van der Waals surface area contributed by atoms with E-state index in [4.69, 9.17) is 11.6 Å². The molecule has 0 radical (unpaired) electrons. The predicted octanol–water partition coefficient (Wildman–Crippen LogP) is 1.69. The van der Waals surface area contributed by atoms with Crippen molar-refractivity contribution in [2.75, 3.05) is 16.8 Å². The van der Waals surface area contributed by atoms with E-state index in [0.29, 0.717) is 9.59 Å². The number of aliphatic hydroxyl groups is 1. The zero-order valence-electron chi connectivity index (χ0n) is 21.4. The molecule has 5 rings (SSSR count). The van der Waals surface area contributed by atoms with Gasteiger partial charge in [0.1, 0.15) is 12.9 Å². The van der Waals surface area contributed by atoms with E-state index in [-0.39, 0.29) is 53.2 Å². The molecule has 1 aliphatic rings. The summed E-state index contributed by atoms with van der Waals surface area (Å²) in [6.07, 6.45) is -4.90. The van der Waals surface area contributed by atoms with Crippen molar-refractivity contribution in [3.63, 3.8) is 0 Å². The molecule has 13 nitrogen and oxygen atoms in total. The van der Waals surface area contributed by atoms with Gasteiger partial charge in [0.05, 0.1) is 29.7 Å². The number of amides is 1. The number of anilines is 1. The van der Waals surface area contributed by atoms with E-state index in [1.165, 1.54) is 41.5 Å². The number of sulfone groups is 1. The number of benzene rings is 1. The van der Waals surface area contributed by atoms with E-state index in [2.05, 4.69) is 25.5 Å². The highest BCUT2D eigenvalue weighted by Crippen LogP contribution is 2.25. The SMILES string of the molecule is O=C(Nc1cccnc1-n1cnc(Cn2nc(-c3ccc(Cl)cc3)n(C[C@H](O)C(F)(F)F)c2=O)n1)C1CCS(=O)(=O)C1. The number of hydrogen-bond acceptors (Lipinski definition) is 9. The van der Waals surface area contributed by atoms with Gasteiger partial charge in [0.2, 0.25) is 5.91 Å². The van der Waals surface area contributed by atoms with Gasteiger partial charge in [0, 0.05) is 16.8 Å². The molecule has 0 spiro atoms. The van der Waals surface area contributed by atoms with Crippen LogP contribution in [0.5, 0.6) is 0 Å². The Balaban J connectivity index is 1.41. The fourth-order valence-electron chi connectivity index (χ4n) is 4.32. The van der Waals surface area contributed by atoms with Crippen LogP contribution >= 0.6 is 11.6 Å². The third-order valence-corrected chi connectivity index (χ3v) is 8.47. The van der Waals surface area contributed by atoms with Crippen LogP contribution in [0.3, 0.4) is 0 Å². The zero-order chi connectivity index (χ0) is 30.2. The molecule has 1 unspecified atom stereocenters. The van der Waals surface area contributed by atoms with Gasteiger partial charge in [-0.3, -0.25) is 9.36 Å². The molecule has 1 fully saturated rings.